The molecule has 0 fully saturated rings. The van der Waals surface area contributed by atoms with E-state index in [1.54, 1.807) is 36.5 Å². The Morgan fingerprint density at radius 2 is 2.32 bits per heavy atom. The number of carbonyl (C=O) groups excluding carboxylic acids is 1. The van der Waals surface area contributed by atoms with Gasteiger partial charge in [-0.2, -0.15) is 5.10 Å². The molecule has 0 spiro atoms. The summed E-state index contributed by atoms with van der Waals surface area (Å²) in [6.07, 6.45) is 3.34. The Morgan fingerprint density at radius 1 is 1.42 bits per heavy atom. The molecule has 0 saturated carbocycles. The lowest BCUT2D eigenvalue weighted by molar-refractivity contribution is -0.113. The van der Waals surface area contributed by atoms with Gasteiger partial charge >= 0.3 is 0 Å². The smallest absolute Gasteiger partial charge is 0.256 e. The number of anilines is 1. The van der Waals surface area contributed by atoms with E-state index >= 15 is 0 Å². The van der Waals surface area contributed by atoms with Gasteiger partial charge in [-0.1, -0.05) is 11.6 Å². The van der Waals surface area contributed by atoms with Gasteiger partial charge in [-0.25, -0.2) is 0 Å². The highest BCUT2D eigenvalue weighted by atomic mass is 35.5. The van der Waals surface area contributed by atoms with Gasteiger partial charge in [-0.15, -0.1) is 0 Å². The summed E-state index contributed by atoms with van der Waals surface area (Å²) < 4.78 is 5.52. The Hall–Kier alpha value is -2.27. The SMILES string of the molecule is O=C(Nc1ccn[nH]1)C1=Cc2cc(Cl)ccc2OC1. The van der Waals surface area contributed by atoms with Crippen LogP contribution in [0.4, 0.5) is 5.82 Å². The fraction of sp³-hybridized carbons (Fsp3) is 0.0769. The van der Waals surface area contributed by atoms with Gasteiger partial charge in [0.2, 0.25) is 0 Å². The Balaban J connectivity index is 1.84. The van der Waals surface area contributed by atoms with E-state index in [0.717, 1.165) is 11.3 Å². The summed E-state index contributed by atoms with van der Waals surface area (Å²) in [5, 5.41) is 9.73. The third-order valence-corrected chi connectivity index (χ3v) is 2.96. The van der Waals surface area contributed by atoms with Crippen molar-refractivity contribution in [3.8, 4) is 5.75 Å². The molecule has 6 heteroatoms. The van der Waals surface area contributed by atoms with Crippen LogP contribution >= 0.6 is 11.6 Å². The van der Waals surface area contributed by atoms with Crippen LogP contribution in [0.2, 0.25) is 5.02 Å². The lowest BCUT2D eigenvalue weighted by Crippen LogP contribution is -2.21. The number of ether oxygens (including phenoxy) is 1. The highest BCUT2D eigenvalue weighted by molar-refractivity contribution is 6.30. The molecule has 1 aliphatic heterocycles. The van der Waals surface area contributed by atoms with Crippen LogP contribution in [0.5, 0.6) is 5.75 Å². The minimum absolute atomic E-state index is 0.227. The number of aromatic amines is 1. The number of carbonyl (C=O) groups is 1. The molecular formula is C13H10ClN3O2. The standard InChI is InChI=1S/C13H10ClN3O2/c14-10-1-2-11-8(6-10)5-9(7-19-11)13(18)16-12-3-4-15-17-12/h1-6H,7H2,(H2,15,16,17,18). The second-order valence-electron chi connectivity index (χ2n) is 4.06. The minimum atomic E-state index is -0.227. The Morgan fingerprint density at radius 3 is 3.11 bits per heavy atom. The van der Waals surface area contributed by atoms with E-state index in [1.165, 1.54) is 0 Å². The van der Waals surface area contributed by atoms with E-state index in [0.29, 0.717) is 16.4 Å². The number of nitrogens with one attached hydrogen (secondary N) is 2. The Bertz CT molecular complexity index is 650. The first-order valence-electron chi connectivity index (χ1n) is 5.66. The fourth-order valence-electron chi connectivity index (χ4n) is 1.81. The molecule has 0 radical (unpaired) electrons. The van der Waals surface area contributed by atoms with Crippen molar-refractivity contribution < 1.29 is 9.53 Å². The number of amides is 1. The number of hydrogen-bond acceptors (Lipinski definition) is 3. The third kappa shape index (κ3) is 2.46. The highest BCUT2D eigenvalue weighted by Crippen LogP contribution is 2.29. The number of aromatic nitrogens is 2. The summed E-state index contributed by atoms with van der Waals surface area (Å²) in [4.78, 5) is 12.0. The quantitative estimate of drug-likeness (QED) is 0.885. The summed E-state index contributed by atoms with van der Waals surface area (Å²) in [5.74, 6) is 1.04. The number of nitrogens with zero attached hydrogens (tertiary/aromatic N) is 1. The van der Waals surface area contributed by atoms with E-state index in [9.17, 15) is 4.79 Å². The first-order chi connectivity index (χ1) is 9.22. The number of H-pyrrole nitrogens is 1. The molecule has 0 saturated heterocycles. The largest absolute Gasteiger partial charge is 0.488 e. The molecule has 2 heterocycles. The van der Waals surface area contributed by atoms with Gasteiger partial charge in [-0.3, -0.25) is 9.89 Å². The monoisotopic (exact) mass is 275 g/mol. The third-order valence-electron chi connectivity index (χ3n) is 2.73. The average molecular weight is 276 g/mol. The molecular weight excluding hydrogens is 266 g/mol. The van der Waals surface area contributed by atoms with Gasteiger partial charge in [0.05, 0.1) is 11.8 Å². The fourth-order valence-corrected chi connectivity index (χ4v) is 1.99. The van der Waals surface area contributed by atoms with Gasteiger partial charge in [0.25, 0.3) is 5.91 Å². The molecule has 3 rings (SSSR count). The van der Waals surface area contributed by atoms with Crippen molar-refractivity contribution in [2.75, 3.05) is 11.9 Å². The zero-order valence-electron chi connectivity index (χ0n) is 9.81. The van der Waals surface area contributed by atoms with Crippen molar-refractivity contribution in [2.24, 2.45) is 0 Å². The zero-order chi connectivity index (χ0) is 13.2. The molecule has 2 aromatic rings. The van der Waals surface area contributed by atoms with Crippen molar-refractivity contribution in [2.45, 2.75) is 0 Å². The normalized spacial score (nSPS) is 13.2. The molecule has 0 atom stereocenters. The van der Waals surface area contributed by atoms with Crippen LogP contribution in [0.3, 0.4) is 0 Å². The summed E-state index contributed by atoms with van der Waals surface area (Å²) in [6, 6.07) is 6.98. The van der Waals surface area contributed by atoms with Gasteiger partial charge in [-0.05, 0) is 24.3 Å². The van der Waals surface area contributed by atoms with Crippen molar-refractivity contribution >= 4 is 29.4 Å². The number of hydrogen-bond donors (Lipinski definition) is 2. The number of fused-ring (bicyclic) bond motifs is 1. The number of benzene rings is 1. The molecule has 1 amide bonds. The molecule has 1 aliphatic rings. The van der Waals surface area contributed by atoms with E-state index in [1.807, 2.05) is 0 Å². The van der Waals surface area contributed by atoms with Crippen LogP contribution in [0.25, 0.3) is 6.08 Å². The zero-order valence-corrected chi connectivity index (χ0v) is 10.6. The molecule has 2 N–H and O–H groups in total. The van der Waals surface area contributed by atoms with Crippen molar-refractivity contribution in [1.82, 2.24) is 10.2 Å². The molecule has 19 heavy (non-hydrogen) atoms. The first-order valence-corrected chi connectivity index (χ1v) is 6.04. The summed E-state index contributed by atoms with van der Waals surface area (Å²) >= 11 is 5.92. The van der Waals surface area contributed by atoms with Crippen LogP contribution in [0.1, 0.15) is 5.56 Å². The Labute approximate surface area is 114 Å². The lowest BCUT2D eigenvalue weighted by Gasteiger charge is -2.17. The summed E-state index contributed by atoms with van der Waals surface area (Å²) in [5.41, 5.74) is 1.33. The molecule has 0 aliphatic carbocycles. The van der Waals surface area contributed by atoms with E-state index in [2.05, 4.69) is 15.5 Å². The average Bonchev–Trinajstić information content (AvgIpc) is 2.90. The molecule has 0 bridgehead atoms. The second kappa shape index (κ2) is 4.78. The molecule has 1 aromatic carbocycles. The maximum atomic E-state index is 12.0. The second-order valence-corrected chi connectivity index (χ2v) is 4.50. The van der Waals surface area contributed by atoms with E-state index in [4.69, 9.17) is 16.3 Å². The predicted molar refractivity (Wildman–Crippen MR) is 72.1 cm³/mol. The topological polar surface area (TPSA) is 67.0 Å². The summed E-state index contributed by atoms with van der Waals surface area (Å²) in [7, 11) is 0. The van der Waals surface area contributed by atoms with Gasteiger partial charge < -0.3 is 10.1 Å². The van der Waals surface area contributed by atoms with Crippen LogP contribution in [-0.2, 0) is 4.79 Å². The predicted octanol–water partition coefficient (Wildman–Crippen LogP) is 2.48. The Kier molecular flexibility index (Phi) is 2.97. The minimum Gasteiger partial charge on any atom is -0.488 e. The first kappa shape index (κ1) is 11.8. The number of rotatable bonds is 2. The van der Waals surface area contributed by atoms with Crippen molar-refractivity contribution in [3.63, 3.8) is 0 Å². The lowest BCUT2D eigenvalue weighted by atomic mass is 10.1. The number of halogens is 1. The van der Waals surface area contributed by atoms with Crippen LogP contribution in [0.15, 0.2) is 36.0 Å². The maximum Gasteiger partial charge on any atom is 0.256 e. The highest BCUT2D eigenvalue weighted by Gasteiger charge is 2.17. The van der Waals surface area contributed by atoms with Crippen LogP contribution in [-0.4, -0.2) is 22.7 Å². The molecule has 0 unspecified atom stereocenters. The van der Waals surface area contributed by atoms with Crippen LogP contribution < -0.4 is 10.1 Å². The van der Waals surface area contributed by atoms with Gasteiger partial charge in [0, 0.05) is 16.7 Å². The molecule has 1 aromatic heterocycles. The molecule has 5 nitrogen and oxygen atoms in total. The van der Waals surface area contributed by atoms with Crippen molar-refractivity contribution in [1.29, 1.82) is 0 Å². The van der Waals surface area contributed by atoms with E-state index < -0.39 is 0 Å². The van der Waals surface area contributed by atoms with Crippen LogP contribution in [0, 0.1) is 0 Å². The summed E-state index contributed by atoms with van der Waals surface area (Å²) in [6.45, 7) is 0.231. The van der Waals surface area contributed by atoms with E-state index in [-0.39, 0.29) is 12.5 Å². The maximum absolute atomic E-state index is 12.0. The van der Waals surface area contributed by atoms with Gasteiger partial charge in [0.15, 0.2) is 0 Å². The molecule has 96 valence electrons. The van der Waals surface area contributed by atoms with Crippen molar-refractivity contribution in [3.05, 3.63) is 46.6 Å². The van der Waals surface area contributed by atoms with Gasteiger partial charge in [0.1, 0.15) is 18.2 Å².